The zero-order chi connectivity index (χ0) is 11.6. The van der Waals surface area contributed by atoms with Crippen LogP contribution in [0.4, 0.5) is 0 Å². The van der Waals surface area contributed by atoms with Gasteiger partial charge in [0.2, 0.25) is 0 Å². The fraction of sp³-hybridized carbons (Fsp3) is 1.00. The van der Waals surface area contributed by atoms with Crippen LogP contribution in [0.3, 0.4) is 0 Å². The highest BCUT2D eigenvalue weighted by Crippen LogP contribution is 2.40. The van der Waals surface area contributed by atoms with E-state index in [0.717, 1.165) is 38.5 Å². The van der Waals surface area contributed by atoms with E-state index in [1.165, 1.54) is 0 Å². The van der Waals surface area contributed by atoms with E-state index in [9.17, 15) is 5.11 Å². The minimum atomic E-state index is -0.570. The Bertz CT molecular complexity index is 215. The first kappa shape index (κ1) is 12.3. The zero-order valence-corrected chi connectivity index (χ0v) is 10.1. The van der Waals surface area contributed by atoms with Gasteiger partial charge in [0.05, 0.1) is 17.8 Å². The highest BCUT2D eigenvalue weighted by molar-refractivity contribution is 4.94. The molecule has 0 spiro atoms. The molecule has 2 rings (SSSR count). The second kappa shape index (κ2) is 5.00. The van der Waals surface area contributed by atoms with Crippen LogP contribution in [-0.4, -0.2) is 43.4 Å². The number of hydrogen-bond acceptors (Lipinski definition) is 4. The lowest BCUT2D eigenvalue weighted by Gasteiger charge is -2.37. The predicted octanol–water partition coefficient (Wildman–Crippen LogP) is 1.46. The summed E-state index contributed by atoms with van der Waals surface area (Å²) in [5.74, 6) is 0. The van der Waals surface area contributed by atoms with Gasteiger partial charge in [-0.25, -0.2) is 0 Å². The molecule has 2 fully saturated rings. The monoisotopic (exact) mass is 230 g/mol. The van der Waals surface area contributed by atoms with Gasteiger partial charge in [-0.1, -0.05) is 0 Å². The number of hydrogen-bond donors (Lipinski definition) is 1. The van der Waals surface area contributed by atoms with Crippen LogP contribution in [-0.2, 0) is 14.2 Å². The molecule has 4 heteroatoms. The van der Waals surface area contributed by atoms with Crippen molar-refractivity contribution in [3.63, 3.8) is 0 Å². The first-order valence-corrected chi connectivity index (χ1v) is 6.08. The second-order valence-electron chi connectivity index (χ2n) is 5.03. The smallest absolute Gasteiger partial charge is 0.156 e. The van der Waals surface area contributed by atoms with Crippen LogP contribution in [0, 0.1) is 0 Å². The first-order chi connectivity index (χ1) is 7.65. The summed E-state index contributed by atoms with van der Waals surface area (Å²) in [4.78, 5) is 0. The Morgan fingerprint density at radius 3 is 2.31 bits per heavy atom. The SMILES string of the molecule is COC(CCC1(O)CC2CCC(C1)O2)OC. The average molecular weight is 230 g/mol. The van der Waals surface area contributed by atoms with Crippen LogP contribution in [0.2, 0.25) is 0 Å². The maximum Gasteiger partial charge on any atom is 0.156 e. The van der Waals surface area contributed by atoms with Gasteiger partial charge in [-0.2, -0.15) is 0 Å². The first-order valence-electron chi connectivity index (χ1n) is 6.08. The number of fused-ring (bicyclic) bond motifs is 2. The number of methoxy groups -OCH3 is 2. The molecule has 4 nitrogen and oxygen atoms in total. The van der Waals surface area contributed by atoms with Gasteiger partial charge in [-0.15, -0.1) is 0 Å². The van der Waals surface area contributed by atoms with Gasteiger partial charge in [0.15, 0.2) is 6.29 Å². The van der Waals surface area contributed by atoms with Crippen molar-refractivity contribution in [3.05, 3.63) is 0 Å². The summed E-state index contributed by atoms with van der Waals surface area (Å²) < 4.78 is 16.0. The third-order valence-corrected chi connectivity index (χ3v) is 3.78. The summed E-state index contributed by atoms with van der Waals surface area (Å²) in [5.41, 5.74) is -0.570. The summed E-state index contributed by atoms with van der Waals surface area (Å²) in [6, 6.07) is 0. The largest absolute Gasteiger partial charge is 0.390 e. The molecule has 2 atom stereocenters. The van der Waals surface area contributed by atoms with E-state index in [1.807, 2.05) is 0 Å². The molecule has 2 heterocycles. The minimum Gasteiger partial charge on any atom is -0.390 e. The lowest BCUT2D eigenvalue weighted by Crippen LogP contribution is -2.41. The number of rotatable bonds is 5. The summed E-state index contributed by atoms with van der Waals surface area (Å²) >= 11 is 0. The van der Waals surface area contributed by atoms with E-state index < -0.39 is 5.60 Å². The van der Waals surface area contributed by atoms with E-state index in [-0.39, 0.29) is 18.5 Å². The summed E-state index contributed by atoms with van der Waals surface area (Å²) in [6.07, 6.45) is 5.55. The van der Waals surface area contributed by atoms with Crippen LogP contribution in [0.25, 0.3) is 0 Å². The summed E-state index contributed by atoms with van der Waals surface area (Å²) in [5, 5.41) is 10.5. The molecule has 2 unspecified atom stereocenters. The average Bonchev–Trinajstić information content (AvgIpc) is 2.60. The molecule has 0 aliphatic carbocycles. The number of ether oxygens (including phenoxy) is 3. The van der Waals surface area contributed by atoms with Gasteiger partial charge in [-0.05, 0) is 19.3 Å². The zero-order valence-electron chi connectivity index (χ0n) is 10.1. The number of aliphatic hydroxyl groups is 1. The fourth-order valence-electron chi connectivity index (χ4n) is 2.93. The van der Waals surface area contributed by atoms with E-state index in [2.05, 4.69) is 0 Å². The lowest BCUT2D eigenvalue weighted by atomic mass is 9.86. The van der Waals surface area contributed by atoms with Gasteiger partial charge in [0.1, 0.15) is 0 Å². The van der Waals surface area contributed by atoms with E-state index in [4.69, 9.17) is 14.2 Å². The van der Waals surface area contributed by atoms with Crippen molar-refractivity contribution < 1.29 is 19.3 Å². The molecule has 2 aliphatic rings. The lowest BCUT2D eigenvalue weighted by molar-refractivity contribution is -0.142. The van der Waals surface area contributed by atoms with E-state index >= 15 is 0 Å². The van der Waals surface area contributed by atoms with Crippen LogP contribution < -0.4 is 0 Å². The highest BCUT2D eigenvalue weighted by atomic mass is 16.7. The van der Waals surface area contributed by atoms with Crippen molar-refractivity contribution in [2.24, 2.45) is 0 Å². The molecule has 1 N–H and O–H groups in total. The molecule has 0 aromatic rings. The maximum absolute atomic E-state index is 10.5. The fourth-order valence-corrected chi connectivity index (χ4v) is 2.93. The molecule has 2 bridgehead atoms. The van der Waals surface area contributed by atoms with Crippen molar-refractivity contribution in [1.82, 2.24) is 0 Å². The maximum atomic E-state index is 10.5. The van der Waals surface area contributed by atoms with Crippen molar-refractivity contribution in [2.75, 3.05) is 14.2 Å². The van der Waals surface area contributed by atoms with Crippen molar-refractivity contribution in [2.45, 2.75) is 62.6 Å². The van der Waals surface area contributed by atoms with E-state index in [1.54, 1.807) is 14.2 Å². The van der Waals surface area contributed by atoms with Crippen LogP contribution in [0.15, 0.2) is 0 Å². The molecule has 0 saturated carbocycles. The molecule has 2 saturated heterocycles. The molecule has 0 radical (unpaired) electrons. The summed E-state index contributed by atoms with van der Waals surface area (Å²) in [7, 11) is 3.26. The van der Waals surface area contributed by atoms with Gasteiger partial charge in [0.25, 0.3) is 0 Å². The standard InChI is InChI=1S/C12H22O4/c1-14-11(15-2)5-6-12(13)7-9-3-4-10(8-12)16-9/h9-11,13H,3-8H2,1-2H3. The second-order valence-corrected chi connectivity index (χ2v) is 5.03. The van der Waals surface area contributed by atoms with Crippen molar-refractivity contribution >= 4 is 0 Å². The molecule has 2 aliphatic heterocycles. The summed E-state index contributed by atoms with van der Waals surface area (Å²) in [6.45, 7) is 0. The Labute approximate surface area is 96.9 Å². The molecule has 16 heavy (non-hydrogen) atoms. The Hall–Kier alpha value is -0.160. The molecule has 0 aromatic heterocycles. The van der Waals surface area contributed by atoms with Crippen LogP contribution in [0.1, 0.15) is 38.5 Å². The van der Waals surface area contributed by atoms with Crippen LogP contribution >= 0.6 is 0 Å². The Morgan fingerprint density at radius 1 is 1.25 bits per heavy atom. The van der Waals surface area contributed by atoms with Gasteiger partial charge >= 0.3 is 0 Å². The van der Waals surface area contributed by atoms with Crippen molar-refractivity contribution in [1.29, 1.82) is 0 Å². The Morgan fingerprint density at radius 2 is 1.81 bits per heavy atom. The third kappa shape index (κ3) is 2.74. The van der Waals surface area contributed by atoms with Gasteiger partial charge in [0, 0.05) is 33.5 Å². The molecular formula is C12H22O4. The van der Waals surface area contributed by atoms with Gasteiger partial charge in [-0.3, -0.25) is 0 Å². The minimum absolute atomic E-state index is 0.204. The molecule has 0 aromatic carbocycles. The third-order valence-electron chi connectivity index (χ3n) is 3.78. The van der Waals surface area contributed by atoms with E-state index in [0.29, 0.717) is 0 Å². The quantitative estimate of drug-likeness (QED) is 0.726. The predicted molar refractivity (Wildman–Crippen MR) is 59.1 cm³/mol. The van der Waals surface area contributed by atoms with Crippen LogP contribution in [0.5, 0.6) is 0 Å². The normalized spacial score (nSPS) is 38.2. The Balaban J connectivity index is 1.83. The van der Waals surface area contributed by atoms with Crippen molar-refractivity contribution in [3.8, 4) is 0 Å². The molecule has 94 valence electrons. The van der Waals surface area contributed by atoms with Gasteiger partial charge < -0.3 is 19.3 Å². The topological polar surface area (TPSA) is 47.9 Å². The Kier molecular flexibility index (Phi) is 3.85. The molecule has 0 amide bonds. The molecular weight excluding hydrogens is 208 g/mol. The highest BCUT2D eigenvalue weighted by Gasteiger charge is 2.43.